The molecule has 0 aliphatic heterocycles. The van der Waals surface area contributed by atoms with Crippen molar-refractivity contribution in [3.05, 3.63) is 23.8 Å². The standard InChI is InChI=1S/C16H24N2O3/c1-2-21-14-7-6-12(10-13(14)17)15(20)18-16(11-19)8-4-3-5-9-16/h6-7,10,19H,2-5,8-9,11,17H2,1H3,(H,18,20). The summed E-state index contributed by atoms with van der Waals surface area (Å²) in [5.74, 6) is 0.393. The third kappa shape index (κ3) is 3.67. The molecule has 0 aromatic heterocycles. The fraction of sp³-hybridized carbons (Fsp3) is 0.562. The van der Waals surface area contributed by atoms with Gasteiger partial charge in [0.1, 0.15) is 5.75 Å². The molecule has 0 spiro atoms. The molecule has 0 unspecified atom stereocenters. The highest BCUT2D eigenvalue weighted by atomic mass is 16.5. The summed E-state index contributed by atoms with van der Waals surface area (Å²) in [6.45, 7) is 2.39. The average Bonchev–Trinajstić information content (AvgIpc) is 2.50. The van der Waals surface area contributed by atoms with Crippen molar-refractivity contribution in [3.63, 3.8) is 0 Å². The van der Waals surface area contributed by atoms with Crippen molar-refractivity contribution in [2.45, 2.75) is 44.6 Å². The van der Waals surface area contributed by atoms with Gasteiger partial charge in [0.2, 0.25) is 0 Å². The molecule has 5 heteroatoms. The molecule has 116 valence electrons. The average molecular weight is 292 g/mol. The lowest BCUT2D eigenvalue weighted by molar-refractivity contribution is 0.0758. The number of ether oxygens (including phenoxy) is 1. The van der Waals surface area contributed by atoms with Crippen LogP contribution < -0.4 is 15.8 Å². The molecular formula is C16H24N2O3. The van der Waals surface area contributed by atoms with Crippen LogP contribution in [0, 0.1) is 0 Å². The zero-order chi connectivity index (χ0) is 15.3. The van der Waals surface area contributed by atoms with E-state index in [4.69, 9.17) is 10.5 Å². The molecule has 1 aromatic carbocycles. The monoisotopic (exact) mass is 292 g/mol. The van der Waals surface area contributed by atoms with Crippen LogP contribution in [0.15, 0.2) is 18.2 Å². The first-order chi connectivity index (χ1) is 10.1. The second kappa shape index (κ2) is 6.80. The van der Waals surface area contributed by atoms with Crippen molar-refractivity contribution < 1.29 is 14.6 Å². The normalized spacial score (nSPS) is 17.2. The number of rotatable bonds is 5. The first-order valence-corrected chi connectivity index (χ1v) is 7.56. The quantitative estimate of drug-likeness (QED) is 0.726. The second-order valence-electron chi connectivity index (χ2n) is 5.64. The van der Waals surface area contributed by atoms with E-state index in [1.54, 1.807) is 18.2 Å². The summed E-state index contributed by atoms with van der Waals surface area (Å²) in [5, 5.41) is 12.6. The van der Waals surface area contributed by atoms with Crippen molar-refractivity contribution in [2.24, 2.45) is 0 Å². The first-order valence-electron chi connectivity index (χ1n) is 7.56. The third-order valence-electron chi connectivity index (χ3n) is 4.06. The molecule has 0 heterocycles. The third-order valence-corrected chi connectivity index (χ3v) is 4.06. The maximum atomic E-state index is 12.4. The Morgan fingerprint density at radius 2 is 2.10 bits per heavy atom. The fourth-order valence-electron chi connectivity index (χ4n) is 2.84. The Morgan fingerprint density at radius 1 is 1.38 bits per heavy atom. The van der Waals surface area contributed by atoms with Gasteiger partial charge in [-0.1, -0.05) is 19.3 Å². The first kappa shape index (κ1) is 15.6. The number of carbonyl (C=O) groups excluding carboxylic acids is 1. The summed E-state index contributed by atoms with van der Waals surface area (Å²) in [7, 11) is 0. The van der Waals surface area contributed by atoms with E-state index >= 15 is 0 Å². The Kier molecular flexibility index (Phi) is 5.07. The molecular weight excluding hydrogens is 268 g/mol. The lowest BCUT2D eigenvalue weighted by Crippen LogP contribution is -2.52. The molecule has 1 fully saturated rings. The molecule has 0 saturated heterocycles. The predicted molar refractivity (Wildman–Crippen MR) is 82.4 cm³/mol. The van der Waals surface area contributed by atoms with Gasteiger partial charge in [0.05, 0.1) is 24.4 Å². The molecule has 1 aromatic rings. The number of nitrogens with two attached hydrogens (primary N) is 1. The molecule has 0 atom stereocenters. The van der Waals surface area contributed by atoms with Gasteiger partial charge in [-0.25, -0.2) is 0 Å². The minimum atomic E-state index is -0.483. The van der Waals surface area contributed by atoms with Crippen LogP contribution in [0.4, 0.5) is 5.69 Å². The summed E-state index contributed by atoms with van der Waals surface area (Å²) in [5.41, 5.74) is 6.35. The summed E-state index contributed by atoms with van der Waals surface area (Å²) in [4.78, 5) is 12.4. The van der Waals surface area contributed by atoms with Crippen LogP contribution in [0.25, 0.3) is 0 Å². The number of aliphatic hydroxyl groups excluding tert-OH is 1. The summed E-state index contributed by atoms with van der Waals surface area (Å²) < 4.78 is 5.37. The number of carbonyl (C=O) groups is 1. The number of amides is 1. The van der Waals surface area contributed by atoms with Crippen LogP contribution in [-0.4, -0.2) is 29.8 Å². The molecule has 1 aliphatic rings. The number of aliphatic hydroxyl groups is 1. The molecule has 0 radical (unpaired) electrons. The zero-order valence-corrected chi connectivity index (χ0v) is 12.5. The number of hydrogen-bond donors (Lipinski definition) is 3. The number of hydrogen-bond acceptors (Lipinski definition) is 4. The van der Waals surface area contributed by atoms with E-state index < -0.39 is 5.54 Å². The van der Waals surface area contributed by atoms with E-state index in [0.29, 0.717) is 23.6 Å². The fourth-order valence-corrected chi connectivity index (χ4v) is 2.84. The molecule has 4 N–H and O–H groups in total. The maximum absolute atomic E-state index is 12.4. The minimum Gasteiger partial charge on any atom is -0.492 e. The van der Waals surface area contributed by atoms with Crippen LogP contribution in [-0.2, 0) is 0 Å². The Bertz CT molecular complexity index is 496. The lowest BCUT2D eigenvalue weighted by Gasteiger charge is -2.36. The van der Waals surface area contributed by atoms with E-state index in [0.717, 1.165) is 32.1 Å². The largest absolute Gasteiger partial charge is 0.492 e. The SMILES string of the molecule is CCOc1ccc(C(=O)NC2(CO)CCCCC2)cc1N. The number of benzene rings is 1. The second-order valence-corrected chi connectivity index (χ2v) is 5.64. The van der Waals surface area contributed by atoms with Gasteiger partial charge in [-0.15, -0.1) is 0 Å². The number of nitrogen functional groups attached to an aromatic ring is 1. The van der Waals surface area contributed by atoms with Crippen molar-refractivity contribution >= 4 is 11.6 Å². The van der Waals surface area contributed by atoms with Gasteiger partial charge < -0.3 is 20.9 Å². The molecule has 1 aliphatic carbocycles. The Labute approximate surface area is 125 Å². The van der Waals surface area contributed by atoms with Crippen molar-refractivity contribution in [1.82, 2.24) is 5.32 Å². The van der Waals surface area contributed by atoms with Crippen molar-refractivity contribution in [2.75, 3.05) is 18.9 Å². The van der Waals surface area contributed by atoms with Gasteiger partial charge in [-0.05, 0) is 38.0 Å². The minimum absolute atomic E-state index is 0.0226. The van der Waals surface area contributed by atoms with Crippen molar-refractivity contribution in [1.29, 1.82) is 0 Å². The van der Waals surface area contributed by atoms with E-state index in [1.807, 2.05) is 6.92 Å². The topological polar surface area (TPSA) is 84.6 Å². The molecule has 2 rings (SSSR count). The van der Waals surface area contributed by atoms with Crippen LogP contribution in [0.5, 0.6) is 5.75 Å². The smallest absolute Gasteiger partial charge is 0.251 e. The predicted octanol–water partition coefficient (Wildman–Crippen LogP) is 2.09. The van der Waals surface area contributed by atoms with Gasteiger partial charge in [0.15, 0.2) is 0 Å². The van der Waals surface area contributed by atoms with Gasteiger partial charge >= 0.3 is 0 Å². The number of nitrogens with one attached hydrogen (secondary N) is 1. The van der Waals surface area contributed by atoms with Gasteiger partial charge in [0.25, 0.3) is 5.91 Å². The van der Waals surface area contributed by atoms with Crippen LogP contribution in [0.2, 0.25) is 0 Å². The van der Waals surface area contributed by atoms with Gasteiger partial charge in [-0.3, -0.25) is 4.79 Å². The molecule has 5 nitrogen and oxygen atoms in total. The molecule has 1 amide bonds. The molecule has 21 heavy (non-hydrogen) atoms. The highest BCUT2D eigenvalue weighted by Crippen LogP contribution is 2.29. The van der Waals surface area contributed by atoms with Gasteiger partial charge in [-0.2, -0.15) is 0 Å². The highest BCUT2D eigenvalue weighted by Gasteiger charge is 2.33. The van der Waals surface area contributed by atoms with E-state index in [9.17, 15) is 9.90 Å². The highest BCUT2D eigenvalue weighted by molar-refractivity contribution is 5.96. The van der Waals surface area contributed by atoms with Gasteiger partial charge in [0, 0.05) is 5.56 Å². The Hall–Kier alpha value is -1.75. The van der Waals surface area contributed by atoms with E-state index in [-0.39, 0.29) is 12.5 Å². The Balaban J connectivity index is 2.10. The maximum Gasteiger partial charge on any atom is 0.251 e. The molecule has 0 bridgehead atoms. The summed E-state index contributed by atoms with van der Waals surface area (Å²) in [6, 6.07) is 5.03. The summed E-state index contributed by atoms with van der Waals surface area (Å²) >= 11 is 0. The summed E-state index contributed by atoms with van der Waals surface area (Å²) in [6.07, 6.45) is 4.87. The Morgan fingerprint density at radius 3 is 2.67 bits per heavy atom. The molecule has 1 saturated carbocycles. The van der Waals surface area contributed by atoms with E-state index in [2.05, 4.69) is 5.32 Å². The van der Waals surface area contributed by atoms with E-state index in [1.165, 1.54) is 0 Å². The van der Waals surface area contributed by atoms with Crippen LogP contribution >= 0.6 is 0 Å². The van der Waals surface area contributed by atoms with Crippen LogP contribution in [0.1, 0.15) is 49.4 Å². The zero-order valence-electron chi connectivity index (χ0n) is 12.5. The van der Waals surface area contributed by atoms with Crippen LogP contribution in [0.3, 0.4) is 0 Å². The van der Waals surface area contributed by atoms with Crippen molar-refractivity contribution in [3.8, 4) is 5.75 Å². The number of anilines is 1. The lowest BCUT2D eigenvalue weighted by atomic mass is 9.82.